The van der Waals surface area contributed by atoms with Gasteiger partial charge in [0, 0.05) is 52.2 Å². The van der Waals surface area contributed by atoms with Gasteiger partial charge in [0.2, 0.25) is 5.91 Å². The van der Waals surface area contributed by atoms with Crippen molar-refractivity contribution in [3.05, 3.63) is 71.3 Å². The Morgan fingerprint density at radius 2 is 1.76 bits per heavy atom. The van der Waals surface area contributed by atoms with Crippen molar-refractivity contribution in [3.63, 3.8) is 0 Å². The Morgan fingerprint density at radius 1 is 1.06 bits per heavy atom. The fourth-order valence-corrected chi connectivity index (χ4v) is 4.66. The van der Waals surface area contributed by atoms with E-state index >= 15 is 0 Å². The van der Waals surface area contributed by atoms with Crippen LogP contribution in [-0.4, -0.2) is 54.4 Å². The number of rotatable bonds is 7. The summed E-state index contributed by atoms with van der Waals surface area (Å²) < 4.78 is 0. The maximum Gasteiger partial charge on any atom is 0.223 e. The summed E-state index contributed by atoms with van der Waals surface area (Å²) in [4.78, 5) is 21.4. The highest BCUT2D eigenvalue weighted by molar-refractivity contribution is 14.0. The average Bonchev–Trinajstić information content (AvgIpc) is 3.26. The minimum absolute atomic E-state index is 0. The minimum atomic E-state index is 0. The molecule has 0 spiro atoms. The second-order valence-corrected chi connectivity index (χ2v) is 8.83. The average molecular weight is 562 g/mol. The second kappa shape index (κ2) is 12.9. The summed E-state index contributed by atoms with van der Waals surface area (Å²) in [5.41, 5.74) is 3.91. The van der Waals surface area contributed by atoms with E-state index in [-0.39, 0.29) is 29.9 Å². The van der Waals surface area contributed by atoms with Gasteiger partial charge in [0.05, 0.1) is 0 Å². The number of likely N-dealkylation sites (tertiary alicyclic amines) is 1. The van der Waals surface area contributed by atoms with Crippen molar-refractivity contribution in [2.24, 2.45) is 4.99 Å². The highest BCUT2D eigenvalue weighted by Crippen LogP contribution is 2.22. The Bertz CT molecular complexity index is 895. The molecule has 2 aromatic rings. The molecule has 2 aromatic carbocycles. The molecule has 1 unspecified atom stereocenters. The van der Waals surface area contributed by atoms with Crippen molar-refractivity contribution in [2.75, 3.05) is 26.7 Å². The number of nitrogens with one attached hydrogen (secondary N) is 2. The first-order valence-electron chi connectivity index (χ1n) is 11.8. The van der Waals surface area contributed by atoms with Crippen LogP contribution in [0, 0.1) is 0 Å². The number of nitrogens with zero attached hydrogens (tertiary/aromatic N) is 3. The van der Waals surface area contributed by atoms with Gasteiger partial charge in [-0.3, -0.25) is 14.7 Å². The van der Waals surface area contributed by atoms with Crippen molar-refractivity contribution in [2.45, 2.75) is 51.4 Å². The fraction of sp³-hybridized carbons (Fsp3) is 0.462. The quantitative estimate of drug-likeness (QED) is 0.234. The van der Waals surface area contributed by atoms with Crippen molar-refractivity contribution in [1.29, 1.82) is 0 Å². The number of aliphatic imine (C=N–C) groups is 1. The molecule has 0 bridgehead atoms. The summed E-state index contributed by atoms with van der Waals surface area (Å²) in [6.45, 7) is 5.38. The van der Waals surface area contributed by atoms with E-state index in [2.05, 4.69) is 63.0 Å². The van der Waals surface area contributed by atoms with Gasteiger partial charge in [-0.2, -0.15) is 0 Å². The fourth-order valence-electron chi connectivity index (χ4n) is 4.66. The lowest BCUT2D eigenvalue weighted by Gasteiger charge is -2.34. The summed E-state index contributed by atoms with van der Waals surface area (Å²) in [7, 11) is 1.81. The van der Waals surface area contributed by atoms with Crippen LogP contribution in [0.3, 0.4) is 0 Å². The van der Waals surface area contributed by atoms with Gasteiger partial charge in [-0.05, 0) is 42.5 Å². The van der Waals surface area contributed by atoms with Crippen molar-refractivity contribution < 1.29 is 4.79 Å². The Morgan fingerprint density at radius 3 is 2.45 bits per heavy atom. The largest absolute Gasteiger partial charge is 0.356 e. The van der Waals surface area contributed by atoms with E-state index in [9.17, 15) is 4.79 Å². The van der Waals surface area contributed by atoms with E-state index in [0.29, 0.717) is 12.5 Å². The zero-order valence-corrected chi connectivity index (χ0v) is 21.8. The zero-order valence-electron chi connectivity index (χ0n) is 19.5. The number of fused-ring (bicyclic) bond motifs is 1. The smallest absolute Gasteiger partial charge is 0.223 e. The molecular formula is C26H36IN5O. The first kappa shape index (κ1) is 25.5. The summed E-state index contributed by atoms with van der Waals surface area (Å²) in [5.74, 6) is 1.06. The van der Waals surface area contributed by atoms with E-state index in [1.807, 2.05) is 24.1 Å². The Labute approximate surface area is 214 Å². The van der Waals surface area contributed by atoms with Gasteiger partial charge in [-0.15, -0.1) is 24.0 Å². The normalized spacial score (nSPS) is 18.4. The number of carbonyl (C=O) groups excluding carboxylic acids is 1. The number of piperidine rings is 1. The van der Waals surface area contributed by atoms with Crippen molar-refractivity contribution in [1.82, 2.24) is 20.4 Å². The van der Waals surface area contributed by atoms with Crippen LogP contribution >= 0.6 is 24.0 Å². The van der Waals surface area contributed by atoms with Crippen LogP contribution in [0.25, 0.3) is 0 Å². The molecule has 1 fully saturated rings. The molecule has 1 amide bonds. The highest BCUT2D eigenvalue weighted by Gasteiger charge is 2.23. The highest BCUT2D eigenvalue weighted by atomic mass is 127. The standard InChI is InChI=1S/C26H35N5O.HI/c1-27-26(29-24-13-8-16-30(20-24)17-21-9-3-2-4-10-21)28-15-7-14-25(32)31-18-22-11-5-6-12-23(22)19-31;/h2-6,9-12,24H,7-8,13-20H2,1H3,(H2,27,28,29);1H. The molecule has 2 aliphatic rings. The Kier molecular flexibility index (Phi) is 9.99. The van der Waals surface area contributed by atoms with Gasteiger partial charge < -0.3 is 15.5 Å². The lowest BCUT2D eigenvalue weighted by atomic mass is 10.0. The minimum Gasteiger partial charge on any atom is -0.356 e. The number of halogens is 1. The molecule has 4 rings (SSSR count). The Hall–Kier alpha value is -2.13. The van der Waals surface area contributed by atoms with E-state index in [4.69, 9.17) is 0 Å². The molecule has 33 heavy (non-hydrogen) atoms. The number of guanidine groups is 1. The number of hydrogen-bond donors (Lipinski definition) is 2. The van der Waals surface area contributed by atoms with Gasteiger partial charge in [-0.25, -0.2) is 0 Å². The van der Waals surface area contributed by atoms with Gasteiger partial charge in [0.15, 0.2) is 5.96 Å². The lowest BCUT2D eigenvalue weighted by molar-refractivity contribution is -0.131. The topological polar surface area (TPSA) is 60.0 Å². The molecular weight excluding hydrogens is 525 g/mol. The molecule has 2 N–H and O–H groups in total. The van der Waals surface area contributed by atoms with Gasteiger partial charge in [0.25, 0.3) is 0 Å². The number of carbonyl (C=O) groups is 1. The molecule has 178 valence electrons. The third-order valence-electron chi connectivity index (χ3n) is 6.37. The first-order chi connectivity index (χ1) is 15.7. The van der Waals surface area contributed by atoms with Crippen LogP contribution in [0.5, 0.6) is 0 Å². The summed E-state index contributed by atoms with van der Waals surface area (Å²) in [6, 6.07) is 19.4. The monoisotopic (exact) mass is 561 g/mol. The van der Waals surface area contributed by atoms with E-state index in [1.165, 1.54) is 23.1 Å². The van der Waals surface area contributed by atoms with E-state index in [1.54, 1.807) is 0 Å². The van der Waals surface area contributed by atoms with E-state index in [0.717, 1.165) is 58.1 Å². The van der Waals surface area contributed by atoms with Crippen LogP contribution in [-0.2, 0) is 24.4 Å². The zero-order chi connectivity index (χ0) is 22.2. The predicted octanol–water partition coefficient (Wildman–Crippen LogP) is 3.76. The third-order valence-corrected chi connectivity index (χ3v) is 6.37. The van der Waals surface area contributed by atoms with E-state index < -0.39 is 0 Å². The lowest BCUT2D eigenvalue weighted by Crippen LogP contribution is -2.51. The van der Waals surface area contributed by atoms with Crippen molar-refractivity contribution in [3.8, 4) is 0 Å². The molecule has 1 atom stereocenters. The van der Waals surface area contributed by atoms with Crippen LogP contribution in [0.2, 0.25) is 0 Å². The third kappa shape index (κ3) is 7.43. The Balaban J connectivity index is 0.00000306. The van der Waals surface area contributed by atoms with Crippen LogP contribution in [0.15, 0.2) is 59.6 Å². The number of hydrogen-bond acceptors (Lipinski definition) is 3. The van der Waals surface area contributed by atoms with Crippen LogP contribution < -0.4 is 10.6 Å². The van der Waals surface area contributed by atoms with Crippen LogP contribution in [0.4, 0.5) is 0 Å². The molecule has 7 heteroatoms. The van der Waals surface area contributed by atoms with Gasteiger partial charge in [-0.1, -0.05) is 54.6 Å². The molecule has 0 saturated carbocycles. The maximum absolute atomic E-state index is 12.6. The second-order valence-electron chi connectivity index (χ2n) is 8.83. The first-order valence-corrected chi connectivity index (χ1v) is 11.8. The van der Waals surface area contributed by atoms with Gasteiger partial charge in [0.1, 0.15) is 0 Å². The molecule has 0 aliphatic carbocycles. The van der Waals surface area contributed by atoms with Crippen LogP contribution in [0.1, 0.15) is 42.4 Å². The molecule has 0 radical (unpaired) electrons. The summed E-state index contributed by atoms with van der Waals surface area (Å²) in [5, 5.41) is 6.97. The number of benzene rings is 2. The molecule has 2 heterocycles. The predicted molar refractivity (Wildman–Crippen MR) is 145 cm³/mol. The molecule has 6 nitrogen and oxygen atoms in total. The molecule has 2 aliphatic heterocycles. The van der Waals surface area contributed by atoms with Crippen molar-refractivity contribution >= 4 is 35.8 Å². The SMILES string of the molecule is CN=C(NCCCC(=O)N1Cc2ccccc2C1)NC1CCCN(Cc2ccccc2)C1.I. The summed E-state index contributed by atoms with van der Waals surface area (Å²) in [6.07, 6.45) is 3.71. The molecule has 0 aromatic heterocycles. The maximum atomic E-state index is 12.6. The number of amides is 1. The molecule has 1 saturated heterocycles. The van der Waals surface area contributed by atoms with Gasteiger partial charge >= 0.3 is 0 Å². The summed E-state index contributed by atoms with van der Waals surface area (Å²) >= 11 is 0.